The molecule has 0 fully saturated rings. The van der Waals surface area contributed by atoms with Crippen LogP contribution < -0.4 is 0 Å². The largest absolute Gasteiger partial charge is 0.483 e. The molecule has 0 N–H and O–H groups in total. The van der Waals surface area contributed by atoms with Crippen molar-refractivity contribution in [3.8, 4) is 0 Å². The lowest BCUT2D eigenvalue weighted by atomic mass is 10.1. The van der Waals surface area contributed by atoms with Gasteiger partial charge in [0.15, 0.2) is 5.05 Å². The van der Waals surface area contributed by atoms with Crippen molar-refractivity contribution in [3.63, 3.8) is 0 Å². The number of hydrogen-bond acceptors (Lipinski definition) is 2. The van der Waals surface area contributed by atoms with Crippen LogP contribution in [0.1, 0.15) is 18.1 Å². The molecule has 0 saturated heterocycles. The van der Waals surface area contributed by atoms with Crippen molar-refractivity contribution in [1.29, 1.82) is 0 Å². The van der Waals surface area contributed by atoms with Crippen LogP contribution in [0.2, 0.25) is 0 Å². The van der Waals surface area contributed by atoms with E-state index in [-0.39, 0.29) is 0 Å². The van der Waals surface area contributed by atoms with Gasteiger partial charge < -0.3 is 4.74 Å². The third kappa shape index (κ3) is 2.99. The number of rotatable bonds is 3. The Morgan fingerprint density at radius 2 is 2.23 bits per heavy atom. The summed E-state index contributed by atoms with van der Waals surface area (Å²) in [6, 6.07) is 7.97. The third-order valence-electron chi connectivity index (χ3n) is 1.71. The first-order chi connectivity index (χ1) is 6.24. The van der Waals surface area contributed by atoms with Gasteiger partial charge in [-0.3, -0.25) is 0 Å². The molecule has 0 heterocycles. The van der Waals surface area contributed by atoms with Gasteiger partial charge in [0.2, 0.25) is 0 Å². The molecule has 0 saturated carbocycles. The molecule has 1 rings (SSSR count). The predicted molar refractivity (Wildman–Crippen MR) is 59.6 cm³/mol. The van der Waals surface area contributed by atoms with Gasteiger partial charge in [-0.2, -0.15) is 0 Å². The second-order valence-corrected chi connectivity index (χ2v) is 3.26. The molecule has 1 nitrogen and oxygen atoms in total. The molecule has 0 aliphatic carbocycles. The molecule has 0 spiro atoms. The van der Waals surface area contributed by atoms with E-state index in [1.54, 1.807) is 6.92 Å². The minimum Gasteiger partial charge on any atom is -0.483 e. The van der Waals surface area contributed by atoms with Gasteiger partial charge in [-0.05, 0) is 23.3 Å². The van der Waals surface area contributed by atoms with E-state index in [0.717, 1.165) is 11.1 Å². The Labute approximate surface area is 84.0 Å². The van der Waals surface area contributed by atoms with Gasteiger partial charge in [-0.1, -0.05) is 36.9 Å². The molecule has 0 atom stereocenters. The topological polar surface area (TPSA) is 9.23 Å². The van der Waals surface area contributed by atoms with Crippen molar-refractivity contribution in [2.45, 2.75) is 13.5 Å². The Kier molecular flexibility index (Phi) is 3.65. The second kappa shape index (κ2) is 4.77. The van der Waals surface area contributed by atoms with Crippen molar-refractivity contribution in [3.05, 3.63) is 42.0 Å². The second-order valence-electron chi connectivity index (χ2n) is 2.68. The zero-order valence-electron chi connectivity index (χ0n) is 7.62. The maximum Gasteiger partial charge on any atom is 0.157 e. The maximum absolute atomic E-state index is 5.25. The molecule has 0 aliphatic rings. The first-order valence-corrected chi connectivity index (χ1v) is 4.48. The lowest BCUT2D eigenvalue weighted by Crippen LogP contribution is -1.98. The summed E-state index contributed by atoms with van der Waals surface area (Å²) in [6.45, 7) is 6.03. The molecular weight excluding hydrogens is 180 g/mol. The monoisotopic (exact) mass is 192 g/mol. The standard InChI is InChI=1S/C11H12OS/c1-3-10-6-4-5-7-11(10)8-12-9(2)13/h3-7H,1,8H2,2H3. The minimum atomic E-state index is 0.525. The minimum absolute atomic E-state index is 0.525. The van der Waals surface area contributed by atoms with Crippen molar-refractivity contribution >= 4 is 23.3 Å². The van der Waals surface area contributed by atoms with E-state index in [2.05, 4.69) is 6.58 Å². The number of hydrogen-bond donors (Lipinski definition) is 0. The normalized spacial score (nSPS) is 9.31. The maximum atomic E-state index is 5.25. The van der Waals surface area contributed by atoms with Crippen LogP contribution in [0.5, 0.6) is 0 Å². The zero-order chi connectivity index (χ0) is 9.68. The summed E-state index contributed by atoms with van der Waals surface area (Å²) in [5.74, 6) is 0. The van der Waals surface area contributed by atoms with Crippen LogP contribution in [0.4, 0.5) is 0 Å². The molecule has 68 valence electrons. The fourth-order valence-corrected chi connectivity index (χ4v) is 1.10. The SMILES string of the molecule is C=Cc1ccccc1COC(C)=S. The van der Waals surface area contributed by atoms with Crippen LogP contribution in [0.25, 0.3) is 6.08 Å². The molecule has 0 unspecified atom stereocenters. The first-order valence-electron chi connectivity index (χ1n) is 4.07. The third-order valence-corrected chi connectivity index (χ3v) is 1.82. The quantitative estimate of drug-likeness (QED) is 0.680. The van der Waals surface area contributed by atoms with Crippen molar-refractivity contribution < 1.29 is 4.74 Å². The van der Waals surface area contributed by atoms with Gasteiger partial charge in [0.1, 0.15) is 6.61 Å². The Bertz CT molecular complexity index is 318. The summed E-state index contributed by atoms with van der Waals surface area (Å²) in [7, 11) is 0. The van der Waals surface area contributed by atoms with E-state index in [9.17, 15) is 0 Å². The highest BCUT2D eigenvalue weighted by Crippen LogP contribution is 2.11. The average Bonchev–Trinajstić information content (AvgIpc) is 2.15. The van der Waals surface area contributed by atoms with Crippen molar-refractivity contribution in [1.82, 2.24) is 0 Å². The molecule has 1 aromatic carbocycles. The molecular formula is C11H12OS. The molecule has 2 heteroatoms. The molecule has 1 aromatic rings. The van der Waals surface area contributed by atoms with Crippen molar-refractivity contribution in [2.24, 2.45) is 0 Å². The van der Waals surface area contributed by atoms with Crippen LogP contribution >= 0.6 is 12.2 Å². The highest BCUT2D eigenvalue weighted by Gasteiger charge is 1.98. The van der Waals surface area contributed by atoms with Gasteiger partial charge in [-0.15, -0.1) is 0 Å². The van der Waals surface area contributed by atoms with Gasteiger partial charge >= 0.3 is 0 Å². The van der Waals surface area contributed by atoms with Gasteiger partial charge in [0, 0.05) is 6.92 Å². The lowest BCUT2D eigenvalue weighted by Gasteiger charge is -2.06. The molecule has 0 amide bonds. The van der Waals surface area contributed by atoms with E-state index in [4.69, 9.17) is 17.0 Å². The Balaban J connectivity index is 2.75. The molecule has 0 radical (unpaired) electrons. The Hall–Kier alpha value is -1.15. The van der Waals surface area contributed by atoms with Crippen LogP contribution in [0.15, 0.2) is 30.8 Å². The highest BCUT2D eigenvalue weighted by atomic mass is 32.1. The van der Waals surface area contributed by atoms with E-state index in [0.29, 0.717) is 11.7 Å². The van der Waals surface area contributed by atoms with E-state index in [1.807, 2.05) is 30.3 Å². The van der Waals surface area contributed by atoms with Crippen LogP contribution in [-0.4, -0.2) is 5.05 Å². The Morgan fingerprint density at radius 1 is 1.54 bits per heavy atom. The van der Waals surface area contributed by atoms with Crippen molar-refractivity contribution in [2.75, 3.05) is 0 Å². The number of thiocarbonyl (C=S) groups is 1. The summed E-state index contributed by atoms with van der Waals surface area (Å²) in [5, 5.41) is 0.568. The molecule has 13 heavy (non-hydrogen) atoms. The summed E-state index contributed by atoms with van der Waals surface area (Å²) < 4.78 is 5.25. The summed E-state index contributed by atoms with van der Waals surface area (Å²) >= 11 is 4.83. The van der Waals surface area contributed by atoms with Crippen LogP contribution in [-0.2, 0) is 11.3 Å². The molecule has 0 aromatic heterocycles. The van der Waals surface area contributed by atoms with Gasteiger partial charge in [0.05, 0.1) is 0 Å². The van der Waals surface area contributed by atoms with Gasteiger partial charge in [0.25, 0.3) is 0 Å². The van der Waals surface area contributed by atoms with E-state index < -0.39 is 0 Å². The number of benzene rings is 1. The van der Waals surface area contributed by atoms with E-state index in [1.165, 1.54) is 0 Å². The fourth-order valence-electron chi connectivity index (χ4n) is 1.04. The fraction of sp³-hybridized carbons (Fsp3) is 0.182. The smallest absolute Gasteiger partial charge is 0.157 e. The average molecular weight is 192 g/mol. The lowest BCUT2D eigenvalue weighted by molar-refractivity contribution is 0.298. The Morgan fingerprint density at radius 3 is 2.85 bits per heavy atom. The van der Waals surface area contributed by atoms with Crippen LogP contribution in [0.3, 0.4) is 0 Å². The van der Waals surface area contributed by atoms with Gasteiger partial charge in [-0.25, -0.2) is 0 Å². The summed E-state index contributed by atoms with van der Waals surface area (Å²) in [4.78, 5) is 0. The summed E-state index contributed by atoms with van der Waals surface area (Å²) in [6.07, 6.45) is 1.82. The molecule has 0 bridgehead atoms. The molecule has 0 aliphatic heterocycles. The number of ether oxygens (including phenoxy) is 1. The predicted octanol–water partition coefficient (Wildman–Crippen LogP) is 3.19. The van der Waals surface area contributed by atoms with E-state index >= 15 is 0 Å². The zero-order valence-corrected chi connectivity index (χ0v) is 8.43. The first kappa shape index (κ1) is 9.93. The van der Waals surface area contributed by atoms with Crippen LogP contribution in [0, 0.1) is 0 Å². The summed E-state index contributed by atoms with van der Waals surface area (Å²) in [5.41, 5.74) is 2.21. The highest BCUT2D eigenvalue weighted by molar-refractivity contribution is 7.80.